The lowest BCUT2D eigenvalue weighted by molar-refractivity contribution is -0.384. The smallest absolute Gasteiger partial charge is 0.287 e. The van der Waals surface area contributed by atoms with Crippen LogP contribution in [0.2, 0.25) is 0 Å². The molecular formula is C13H20N4O3. The van der Waals surface area contributed by atoms with E-state index in [9.17, 15) is 14.9 Å². The van der Waals surface area contributed by atoms with E-state index in [1.165, 1.54) is 12.3 Å². The Labute approximate surface area is 117 Å². The van der Waals surface area contributed by atoms with Gasteiger partial charge in [-0.05, 0) is 26.2 Å². The molecule has 0 saturated carbocycles. The van der Waals surface area contributed by atoms with Crippen molar-refractivity contribution in [2.24, 2.45) is 5.73 Å². The molecular weight excluding hydrogens is 260 g/mol. The van der Waals surface area contributed by atoms with Gasteiger partial charge in [-0.3, -0.25) is 14.9 Å². The molecule has 2 N–H and O–H groups in total. The molecule has 0 bridgehead atoms. The lowest BCUT2D eigenvalue weighted by atomic mass is 10.0. The Morgan fingerprint density at radius 1 is 1.55 bits per heavy atom. The van der Waals surface area contributed by atoms with Crippen molar-refractivity contribution < 1.29 is 9.72 Å². The van der Waals surface area contributed by atoms with E-state index < -0.39 is 4.92 Å². The van der Waals surface area contributed by atoms with Gasteiger partial charge < -0.3 is 15.2 Å². The molecule has 1 aromatic heterocycles. The molecule has 0 aliphatic carbocycles. The summed E-state index contributed by atoms with van der Waals surface area (Å²) in [5.41, 5.74) is 6.05. The van der Waals surface area contributed by atoms with Crippen LogP contribution in [0.15, 0.2) is 12.3 Å². The van der Waals surface area contributed by atoms with Crippen LogP contribution >= 0.6 is 0 Å². The van der Waals surface area contributed by atoms with Crippen LogP contribution in [-0.4, -0.2) is 39.4 Å². The molecule has 0 radical (unpaired) electrons. The molecule has 1 aliphatic heterocycles. The predicted octanol–water partition coefficient (Wildman–Crippen LogP) is 1.37. The molecule has 1 atom stereocenters. The van der Waals surface area contributed by atoms with Crippen LogP contribution in [0.1, 0.15) is 36.7 Å². The Morgan fingerprint density at radius 3 is 2.90 bits per heavy atom. The third-order valence-corrected chi connectivity index (χ3v) is 3.81. The van der Waals surface area contributed by atoms with E-state index in [0.717, 1.165) is 19.3 Å². The average molecular weight is 280 g/mol. The van der Waals surface area contributed by atoms with Gasteiger partial charge in [0.05, 0.1) is 11.1 Å². The highest BCUT2D eigenvalue weighted by atomic mass is 16.6. The highest BCUT2D eigenvalue weighted by Gasteiger charge is 2.29. The Morgan fingerprint density at radius 2 is 2.30 bits per heavy atom. The van der Waals surface area contributed by atoms with Crippen LogP contribution in [0, 0.1) is 10.1 Å². The van der Waals surface area contributed by atoms with E-state index in [0.29, 0.717) is 25.3 Å². The van der Waals surface area contributed by atoms with Crippen LogP contribution in [0.5, 0.6) is 0 Å². The molecule has 1 fully saturated rings. The number of piperidine rings is 1. The van der Waals surface area contributed by atoms with Gasteiger partial charge in [0.1, 0.15) is 5.69 Å². The van der Waals surface area contributed by atoms with Crippen molar-refractivity contribution >= 4 is 11.6 Å². The van der Waals surface area contributed by atoms with Gasteiger partial charge in [0, 0.05) is 31.7 Å². The van der Waals surface area contributed by atoms with Crippen LogP contribution < -0.4 is 5.73 Å². The van der Waals surface area contributed by atoms with Crippen molar-refractivity contribution in [2.75, 3.05) is 13.1 Å². The van der Waals surface area contributed by atoms with Crippen LogP contribution in [0.3, 0.4) is 0 Å². The molecule has 20 heavy (non-hydrogen) atoms. The number of amides is 1. The molecule has 1 aliphatic rings. The number of carbonyl (C=O) groups excluding carboxylic acids is 1. The molecule has 0 aromatic carbocycles. The summed E-state index contributed by atoms with van der Waals surface area (Å²) >= 11 is 0. The number of hydrogen-bond donors (Lipinski definition) is 1. The molecule has 1 unspecified atom stereocenters. The van der Waals surface area contributed by atoms with Crippen molar-refractivity contribution in [1.82, 2.24) is 9.47 Å². The number of nitrogens with zero attached hydrogens (tertiary/aromatic N) is 3. The fourth-order valence-corrected chi connectivity index (χ4v) is 2.70. The maximum atomic E-state index is 12.6. The maximum Gasteiger partial charge on any atom is 0.287 e. The summed E-state index contributed by atoms with van der Waals surface area (Å²) in [7, 11) is 0. The molecule has 0 spiro atoms. The molecule has 2 rings (SSSR count). The first-order chi connectivity index (χ1) is 9.58. The van der Waals surface area contributed by atoms with Gasteiger partial charge in [-0.2, -0.15) is 0 Å². The third-order valence-electron chi connectivity index (χ3n) is 3.81. The minimum absolute atomic E-state index is 0.0375. The summed E-state index contributed by atoms with van der Waals surface area (Å²) in [6.07, 6.45) is 4.34. The minimum Gasteiger partial charge on any atom is -0.337 e. The second-order valence-electron chi connectivity index (χ2n) is 5.01. The number of rotatable bonds is 4. The molecule has 1 saturated heterocycles. The van der Waals surface area contributed by atoms with Crippen molar-refractivity contribution in [3.63, 3.8) is 0 Å². The monoisotopic (exact) mass is 280 g/mol. The highest BCUT2D eigenvalue weighted by Crippen LogP contribution is 2.22. The van der Waals surface area contributed by atoms with Crippen LogP contribution in [0.25, 0.3) is 0 Å². The standard InChI is InChI=1S/C13H20N4O3/c1-2-15-9-11(17(19)20)7-12(15)13(18)16-6-4-3-5-10(16)8-14/h7,9-10H,2-6,8,14H2,1H3. The first-order valence-electron chi connectivity index (χ1n) is 6.94. The zero-order valence-electron chi connectivity index (χ0n) is 11.6. The van der Waals surface area contributed by atoms with Crippen LogP contribution in [0.4, 0.5) is 5.69 Å². The molecule has 110 valence electrons. The zero-order valence-corrected chi connectivity index (χ0v) is 11.6. The second-order valence-corrected chi connectivity index (χ2v) is 5.01. The predicted molar refractivity (Wildman–Crippen MR) is 74.5 cm³/mol. The number of nitrogens with two attached hydrogens (primary N) is 1. The normalized spacial score (nSPS) is 19.1. The van der Waals surface area contributed by atoms with Gasteiger partial charge in [0.2, 0.25) is 0 Å². The number of hydrogen-bond acceptors (Lipinski definition) is 4. The lowest BCUT2D eigenvalue weighted by Gasteiger charge is -2.35. The average Bonchev–Trinajstić information content (AvgIpc) is 2.90. The SMILES string of the molecule is CCn1cc([N+](=O)[O-])cc1C(=O)N1CCCCC1CN. The molecule has 1 aromatic rings. The number of nitro groups is 1. The number of likely N-dealkylation sites (tertiary alicyclic amines) is 1. The van der Waals surface area contributed by atoms with E-state index >= 15 is 0 Å². The van der Waals surface area contributed by atoms with Gasteiger partial charge >= 0.3 is 0 Å². The van der Waals surface area contributed by atoms with E-state index in [-0.39, 0.29) is 17.6 Å². The van der Waals surface area contributed by atoms with Gasteiger partial charge in [0.25, 0.3) is 11.6 Å². The van der Waals surface area contributed by atoms with Crippen molar-refractivity contribution in [1.29, 1.82) is 0 Å². The summed E-state index contributed by atoms with van der Waals surface area (Å²) in [4.78, 5) is 24.7. The first kappa shape index (κ1) is 14.5. The number of carbonyl (C=O) groups is 1. The van der Waals surface area contributed by atoms with Crippen molar-refractivity contribution in [2.45, 2.75) is 38.8 Å². The highest BCUT2D eigenvalue weighted by molar-refractivity contribution is 5.94. The Hall–Kier alpha value is -1.89. The maximum absolute atomic E-state index is 12.6. The fraction of sp³-hybridized carbons (Fsp3) is 0.615. The van der Waals surface area contributed by atoms with Gasteiger partial charge in [-0.15, -0.1) is 0 Å². The topological polar surface area (TPSA) is 94.4 Å². The van der Waals surface area contributed by atoms with Crippen LogP contribution in [-0.2, 0) is 6.54 Å². The minimum atomic E-state index is -0.473. The van der Waals surface area contributed by atoms with Gasteiger partial charge in [0.15, 0.2) is 0 Å². The lowest BCUT2D eigenvalue weighted by Crippen LogP contribution is -2.47. The Kier molecular flexibility index (Phi) is 4.39. The van der Waals surface area contributed by atoms with Crippen molar-refractivity contribution in [3.05, 3.63) is 28.1 Å². The summed E-state index contributed by atoms with van der Waals surface area (Å²) in [5.74, 6) is -0.157. The molecule has 2 heterocycles. The Bertz CT molecular complexity index is 512. The largest absolute Gasteiger partial charge is 0.337 e. The van der Waals surface area contributed by atoms with Gasteiger partial charge in [-0.25, -0.2) is 0 Å². The quantitative estimate of drug-likeness (QED) is 0.665. The number of aromatic nitrogens is 1. The second kappa shape index (κ2) is 6.04. The summed E-state index contributed by atoms with van der Waals surface area (Å²) in [5, 5.41) is 10.8. The Balaban J connectivity index is 2.29. The summed E-state index contributed by atoms with van der Waals surface area (Å²) in [6, 6.07) is 1.39. The van der Waals surface area contributed by atoms with E-state index in [2.05, 4.69) is 0 Å². The fourth-order valence-electron chi connectivity index (χ4n) is 2.70. The van der Waals surface area contributed by atoms with E-state index in [1.807, 2.05) is 6.92 Å². The summed E-state index contributed by atoms with van der Waals surface area (Å²) in [6.45, 7) is 3.48. The summed E-state index contributed by atoms with van der Waals surface area (Å²) < 4.78 is 1.63. The molecule has 7 nitrogen and oxygen atoms in total. The zero-order chi connectivity index (χ0) is 14.7. The molecule has 7 heteroatoms. The van der Waals surface area contributed by atoms with Crippen molar-refractivity contribution in [3.8, 4) is 0 Å². The molecule has 1 amide bonds. The van der Waals surface area contributed by atoms with Gasteiger partial charge in [-0.1, -0.05) is 0 Å². The first-order valence-corrected chi connectivity index (χ1v) is 6.94. The van der Waals surface area contributed by atoms with E-state index in [1.54, 1.807) is 9.47 Å². The van der Waals surface area contributed by atoms with E-state index in [4.69, 9.17) is 5.73 Å². The number of aryl methyl sites for hydroxylation is 1. The third kappa shape index (κ3) is 2.67.